The van der Waals surface area contributed by atoms with Crippen LogP contribution in [0.4, 0.5) is 5.69 Å². The minimum atomic E-state index is -0.0727. The van der Waals surface area contributed by atoms with Crippen LogP contribution in [0.2, 0.25) is 0 Å². The Morgan fingerprint density at radius 1 is 1.11 bits per heavy atom. The van der Waals surface area contributed by atoms with Gasteiger partial charge in [-0.3, -0.25) is 4.79 Å². The average molecular weight is 251 g/mol. The number of rotatable bonds is 2. The third-order valence-corrected chi connectivity index (χ3v) is 2.87. The predicted molar refractivity (Wildman–Crippen MR) is 75.8 cm³/mol. The van der Waals surface area contributed by atoms with E-state index >= 15 is 0 Å². The number of benzene rings is 2. The number of hydrogen-bond acceptors (Lipinski definition) is 2. The van der Waals surface area contributed by atoms with Gasteiger partial charge in [-0.25, -0.2) is 4.98 Å². The molecule has 2 aromatic carbocycles. The van der Waals surface area contributed by atoms with E-state index in [0.717, 1.165) is 28.1 Å². The zero-order valence-electron chi connectivity index (χ0n) is 10.5. The molecule has 0 aliphatic rings. The van der Waals surface area contributed by atoms with Crippen molar-refractivity contribution in [3.63, 3.8) is 0 Å². The molecule has 1 aromatic heterocycles. The molecule has 0 bridgehead atoms. The van der Waals surface area contributed by atoms with Crippen LogP contribution >= 0.6 is 0 Å². The van der Waals surface area contributed by atoms with Crippen molar-refractivity contribution in [2.45, 2.75) is 6.92 Å². The Hall–Kier alpha value is -2.62. The molecular weight excluding hydrogens is 238 g/mol. The summed E-state index contributed by atoms with van der Waals surface area (Å²) >= 11 is 0. The number of nitrogens with one attached hydrogen (secondary N) is 2. The summed E-state index contributed by atoms with van der Waals surface area (Å²) in [6, 6.07) is 15.5. The van der Waals surface area contributed by atoms with Crippen LogP contribution in [0.25, 0.3) is 22.4 Å². The van der Waals surface area contributed by atoms with Crippen LogP contribution < -0.4 is 5.32 Å². The van der Waals surface area contributed by atoms with Crippen molar-refractivity contribution < 1.29 is 4.79 Å². The summed E-state index contributed by atoms with van der Waals surface area (Å²) in [6.07, 6.45) is 0. The van der Waals surface area contributed by atoms with Crippen molar-refractivity contribution in [1.82, 2.24) is 9.97 Å². The van der Waals surface area contributed by atoms with Crippen molar-refractivity contribution >= 4 is 22.6 Å². The van der Waals surface area contributed by atoms with Gasteiger partial charge in [-0.05, 0) is 36.4 Å². The van der Waals surface area contributed by atoms with Gasteiger partial charge in [-0.1, -0.05) is 12.1 Å². The topological polar surface area (TPSA) is 57.8 Å². The molecule has 4 nitrogen and oxygen atoms in total. The lowest BCUT2D eigenvalue weighted by Crippen LogP contribution is -2.05. The Morgan fingerprint density at radius 3 is 2.53 bits per heavy atom. The molecule has 0 fully saturated rings. The summed E-state index contributed by atoms with van der Waals surface area (Å²) in [5.74, 6) is 0.757. The fourth-order valence-electron chi connectivity index (χ4n) is 2.00. The van der Waals surface area contributed by atoms with Gasteiger partial charge in [0.15, 0.2) is 0 Å². The number of anilines is 1. The van der Waals surface area contributed by atoms with Crippen molar-refractivity contribution in [3.05, 3.63) is 48.5 Å². The first kappa shape index (κ1) is 11.5. The second kappa shape index (κ2) is 4.57. The van der Waals surface area contributed by atoms with Crippen LogP contribution in [0.3, 0.4) is 0 Å². The lowest BCUT2D eigenvalue weighted by atomic mass is 10.2. The van der Waals surface area contributed by atoms with E-state index < -0.39 is 0 Å². The van der Waals surface area contributed by atoms with Gasteiger partial charge < -0.3 is 10.3 Å². The second-order valence-electron chi connectivity index (χ2n) is 4.36. The lowest BCUT2D eigenvalue weighted by Gasteiger charge is -2.02. The van der Waals surface area contributed by atoms with E-state index in [-0.39, 0.29) is 5.91 Å². The number of aromatic nitrogens is 2. The van der Waals surface area contributed by atoms with Gasteiger partial charge in [-0.2, -0.15) is 0 Å². The third-order valence-electron chi connectivity index (χ3n) is 2.87. The van der Waals surface area contributed by atoms with Gasteiger partial charge in [0, 0.05) is 18.2 Å². The number of carbonyl (C=O) groups excluding carboxylic acids is 1. The standard InChI is InChI=1S/C15H13N3O/c1-10(19)16-12-8-6-11(7-9-12)15-17-13-4-2-3-5-14(13)18-15/h2-9H,1H3,(H,16,19)(H,17,18). The Balaban J connectivity index is 1.95. The summed E-state index contributed by atoms with van der Waals surface area (Å²) in [5, 5.41) is 2.74. The molecule has 4 heteroatoms. The number of fused-ring (bicyclic) bond motifs is 1. The highest BCUT2D eigenvalue weighted by atomic mass is 16.1. The predicted octanol–water partition coefficient (Wildman–Crippen LogP) is 3.19. The highest BCUT2D eigenvalue weighted by molar-refractivity contribution is 5.89. The molecule has 19 heavy (non-hydrogen) atoms. The largest absolute Gasteiger partial charge is 0.338 e. The Kier molecular flexibility index (Phi) is 2.76. The number of amides is 1. The summed E-state index contributed by atoms with van der Waals surface area (Å²) in [5.41, 5.74) is 3.74. The van der Waals surface area contributed by atoms with E-state index in [2.05, 4.69) is 15.3 Å². The molecule has 2 N–H and O–H groups in total. The van der Waals surface area contributed by atoms with Crippen LogP contribution in [0, 0.1) is 0 Å². The van der Waals surface area contributed by atoms with Gasteiger partial charge in [0.25, 0.3) is 0 Å². The molecule has 0 spiro atoms. The number of nitrogens with zero attached hydrogens (tertiary/aromatic N) is 1. The molecular formula is C15H13N3O. The number of carbonyl (C=O) groups is 1. The van der Waals surface area contributed by atoms with E-state index in [0.29, 0.717) is 0 Å². The first-order chi connectivity index (χ1) is 9.22. The summed E-state index contributed by atoms with van der Waals surface area (Å²) in [7, 11) is 0. The number of hydrogen-bond donors (Lipinski definition) is 2. The molecule has 3 rings (SSSR count). The minimum absolute atomic E-state index is 0.0727. The monoisotopic (exact) mass is 251 g/mol. The molecule has 0 atom stereocenters. The highest BCUT2D eigenvalue weighted by Crippen LogP contribution is 2.21. The quantitative estimate of drug-likeness (QED) is 0.734. The minimum Gasteiger partial charge on any atom is -0.338 e. The van der Waals surface area contributed by atoms with Gasteiger partial charge in [0.2, 0.25) is 5.91 Å². The maximum Gasteiger partial charge on any atom is 0.221 e. The average Bonchev–Trinajstić information content (AvgIpc) is 2.82. The van der Waals surface area contributed by atoms with Gasteiger partial charge in [0.05, 0.1) is 11.0 Å². The number of aromatic amines is 1. The van der Waals surface area contributed by atoms with Crippen LogP contribution in [-0.2, 0) is 4.79 Å². The fraction of sp³-hybridized carbons (Fsp3) is 0.0667. The van der Waals surface area contributed by atoms with Gasteiger partial charge >= 0.3 is 0 Å². The summed E-state index contributed by atoms with van der Waals surface area (Å²) in [4.78, 5) is 18.8. The van der Waals surface area contributed by atoms with Crippen molar-refractivity contribution in [2.24, 2.45) is 0 Å². The highest BCUT2D eigenvalue weighted by Gasteiger charge is 2.04. The van der Waals surface area contributed by atoms with Crippen molar-refractivity contribution in [1.29, 1.82) is 0 Å². The van der Waals surface area contributed by atoms with Crippen LogP contribution in [-0.4, -0.2) is 15.9 Å². The van der Waals surface area contributed by atoms with Gasteiger partial charge in [0.1, 0.15) is 5.82 Å². The number of H-pyrrole nitrogens is 1. The van der Waals surface area contributed by atoms with Crippen LogP contribution in [0.1, 0.15) is 6.92 Å². The summed E-state index contributed by atoms with van der Waals surface area (Å²) < 4.78 is 0. The van der Waals surface area contributed by atoms with E-state index in [4.69, 9.17) is 0 Å². The normalized spacial score (nSPS) is 10.6. The molecule has 3 aromatic rings. The SMILES string of the molecule is CC(=O)Nc1ccc(-c2nc3ccccc3[nH]2)cc1. The van der Waals surface area contributed by atoms with E-state index in [1.165, 1.54) is 6.92 Å². The van der Waals surface area contributed by atoms with Crippen LogP contribution in [0.5, 0.6) is 0 Å². The second-order valence-corrected chi connectivity index (χ2v) is 4.36. The number of para-hydroxylation sites is 2. The van der Waals surface area contributed by atoms with Crippen LogP contribution in [0.15, 0.2) is 48.5 Å². The molecule has 0 radical (unpaired) electrons. The van der Waals surface area contributed by atoms with Crippen molar-refractivity contribution in [3.8, 4) is 11.4 Å². The maximum absolute atomic E-state index is 11.0. The van der Waals surface area contributed by atoms with Crippen molar-refractivity contribution in [2.75, 3.05) is 5.32 Å². The number of imidazole rings is 1. The van der Waals surface area contributed by atoms with E-state index in [9.17, 15) is 4.79 Å². The molecule has 0 aliphatic heterocycles. The fourth-order valence-corrected chi connectivity index (χ4v) is 2.00. The lowest BCUT2D eigenvalue weighted by molar-refractivity contribution is -0.114. The molecule has 0 saturated carbocycles. The Labute approximate surface area is 110 Å². The maximum atomic E-state index is 11.0. The molecule has 0 unspecified atom stereocenters. The molecule has 1 heterocycles. The van der Waals surface area contributed by atoms with E-state index in [1.807, 2.05) is 48.5 Å². The third kappa shape index (κ3) is 2.33. The van der Waals surface area contributed by atoms with Gasteiger partial charge in [-0.15, -0.1) is 0 Å². The molecule has 0 saturated heterocycles. The molecule has 94 valence electrons. The first-order valence-corrected chi connectivity index (χ1v) is 6.05. The molecule has 0 aliphatic carbocycles. The summed E-state index contributed by atoms with van der Waals surface area (Å²) in [6.45, 7) is 1.49. The smallest absolute Gasteiger partial charge is 0.221 e. The zero-order valence-corrected chi connectivity index (χ0v) is 10.5. The van der Waals surface area contributed by atoms with E-state index in [1.54, 1.807) is 0 Å². The zero-order chi connectivity index (χ0) is 13.2. The Bertz CT molecular complexity index is 695. The first-order valence-electron chi connectivity index (χ1n) is 6.05. The molecule has 1 amide bonds. The Morgan fingerprint density at radius 2 is 1.84 bits per heavy atom.